The molecule has 0 saturated heterocycles. The minimum atomic E-state index is -0.166. The molecule has 1 aliphatic rings. The molecule has 0 atom stereocenters. The van der Waals surface area contributed by atoms with Gasteiger partial charge in [-0.3, -0.25) is 9.59 Å². The highest BCUT2D eigenvalue weighted by Gasteiger charge is 2.33. The Morgan fingerprint density at radius 2 is 1.83 bits per heavy atom. The second kappa shape index (κ2) is 4.03. The van der Waals surface area contributed by atoms with Gasteiger partial charge >= 0.3 is 0 Å². The molecule has 3 rings (SSSR count). The van der Waals surface area contributed by atoms with Crippen LogP contribution in [0.4, 0.5) is 5.13 Å². The highest BCUT2D eigenvalue weighted by molar-refractivity contribution is 7.18. The number of fused-ring (bicyclic) bond motifs is 2. The largest absolute Gasteiger partial charge is 0.362 e. The number of aromatic nitrogens is 1. The van der Waals surface area contributed by atoms with Crippen molar-refractivity contribution < 1.29 is 9.59 Å². The molecule has 0 amide bonds. The molecular formula is C13H10N2O2S. The van der Waals surface area contributed by atoms with Crippen molar-refractivity contribution in [2.24, 2.45) is 0 Å². The fourth-order valence-corrected chi connectivity index (χ4v) is 2.97. The minimum absolute atomic E-state index is 0.109. The van der Waals surface area contributed by atoms with Gasteiger partial charge in [-0.2, -0.15) is 0 Å². The van der Waals surface area contributed by atoms with E-state index in [2.05, 4.69) is 10.3 Å². The normalized spacial score (nSPS) is 13.2. The molecule has 0 saturated carbocycles. The van der Waals surface area contributed by atoms with Gasteiger partial charge in [0.15, 0.2) is 5.13 Å². The Kier molecular flexibility index (Phi) is 2.48. The topological polar surface area (TPSA) is 59.1 Å². The summed E-state index contributed by atoms with van der Waals surface area (Å²) in [5.41, 5.74) is 1.20. The molecule has 1 aromatic carbocycles. The standard InChI is InChI=1S/C13H10N2O2S/c1-2-14-13-15-9-10(16)7-5-3-4-6-8(7)11(17)12(9)18-13/h3-6H,2H2,1H3,(H,14,15). The first kappa shape index (κ1) is 11.1. The van der Waals surface area contributed by atoms with Crippen LogP contribution in [0.5, 0.6) is 0 Å². The summed E-state index contributed by atoms with van der Waals surface area (Å²) in [6, 6.07) is 6.88. The molecule has 5 heteroatoms. The average Bonchev–Trinajstić information content (AvgIpc) is 2.81. The summed E-state index contributed by atoms with van der Waals surface area (Å²) in [6.07, 6.45) is 0. The third kappa shape index (κ3) is 1.48. The Labute approximate surface area is 108 Å². The highest BCUT2D eigenvalue weighted by Crippen LogP contribution is 2.32. The molecule has 2 aromatic rings. The Balaban J connectivity index is 2.18. The Bertz CT molecular complexity index is 608. The Morgan fingerprint density at radius 1 is 1.17 bits per heavy atom. The van der Waals surface area contributed by atoms with E-state index in [0.717, 1.165) is 0 Å². The number of nitrogens with zero attached hydrogens (tertiary/aromatic N) is 1. The van der Waals surface area contributed by atoms with Crippen LogP contribution >= 0.6 is 11.3 Å². The third-order valence-corrected chi connectivity index (χ3v) is 3.80. The minimum Gasteiger partial charge on any atom is -0.362 e. The zero-order valence-electron chi connectivity index (χ0n) is 9.69. The van der Waals surface area contributed by atoms with E-state index in [0.29, 0.717) is 27.7 Å². The first-order valence-corrected chi connectivity index (χ1v) is 6.47. The van der Waals surface area contributed by atoms with E-state index in [9.17, 15) is 9.59 Å². The molecule has 0 radical (unpaired) electrons. The van der Waals surface area contributed by atoms with E-state index in [-0.39, 0.29) is 17.3 Å². The summed E-state index contributed by atoms with van der Waals surface area (Å²) in [7, 11) is 0. The summed E-state index contributed by atoms with van der Waals surface area (Å²) < 4.78 is 0. The predicted molar refractivity (Wildman–Crippen MR) is 69.6 cm³/mol. The van der Waals surface area contributed by atoms with Crippen LogP contribution in [-0.4, -0.2) is 23.1 Å². The molecule has 18 heavy (non-hydrogen) atoms. The van der Waals surface area contributed by atoms with E-state index in [1.54, 1.807) is 24.3 Å². The summed E-state index contributed by atoms with van der Waals surface area (Å²) in [5.74, 6) is -0.276. The number of benzene rings is 1. The van der Waals surface area contributed by atoms with Crippen LogP contribution in [0.3, 0.4) is 0 Å². The maximum atomic E-state index is 12.3. The fourth-order valence-electron chi connectivity index (χ4n) is 1.98. The van der Waals surface area contributed by atoms with Crippen LogP contribution in [0.15, 0.2) is 24.3 Å². The van der Waals surface area contributed by atoms with Gasteiger partial charge in [0.25, 0.3) is 0 Å². The van der Waals surface area contributed by atoms with E-state index >= 15 is 0 Å². The molecule has 1 aromatic heterocycles. The number of hydrogen-bond donors (Lipinski definition) is 1. The van der Waals surface area contributed by atoms with Gasteiger partial charge in [0.1, 0.15) is 10.6 Å². The van der Waals surface area contributed by atoms with Crippen molar-refractivity contribution in [1.29, 1.82) is 0 Å². The molecule has 4 nitrogen and oxygen atoms in total. The van der Waals surface area contributed by atoms with Crippen LogP contribution in [-0.2, 0) is 0 Å². The molecule has 0 unspecified atom stereocenters. The van der Waals surface area contributed by atoms with Crippen molar-refractivity contribution >= 4 is 28.0 Å². The van der Waals surface area contributed by atoms with Crippen molar-refractivity contribution in [1.82, 2.24) is 4.98 Å². The molecule has 90 valence electrons. The molecule has 1 aliphatic carbocycles. The molecule has 1 N–H and O–H groups in total. The number of rotatable bonds is 2. The maximum absolute atomic E-state index is 12.3. The monoisotopic (exact) mass is 258 g/mol. The van der Waals surface area contributed by atoms with Gasteiger partial charge in [0.2, 0.25) is 11.6 Å². The van der Waals surface area contributed by atoms with Crippen molar-refractivity contribution in [3.63, 3.8) is 0 Å². The van der Waals surface area contributed by atoms with E-state index in [4.69, 9.17) is 0 Å². The van der Waals surface area contributed by atoms with E-state index in [1.807, 2.05) is 6.92 Å². The van der Waals surface area contributed by atoms with Crippen LogP contribution < -0.4 is 5.32 Å². The Hall–Kier alpha value is -2.01. The van der Waals surface area contributed by atoms with Crippen molar-refractivity contribution in [3.8, 4) is 0 Å². The number of thiazole rings is 1. The predicted octanol–water partition coefficient (Wildman–Crippen LogP) is 2.35. The van der Waals surface area contributed by atoms with E-state index < -0.39 is 0 Å². The average molecular weight is 258 g/mol. The molecular weight excluding hydrogens is 248 g/mol. The van der Waals surface area contributed by atoms with Crippen molar-refractivity contribution in [3.05, 3.63) is 46.0 Å². The summed E-state index contributed by atoms with van der Waals surface area (Å²) >= 11 is 1.24. The fraction of sp³-hybridized carbons (Fsp3) is 0.154. The lowest BCUT2D eigenvalue weighted by Gasteiger charge is -2.11. The second-order valence-corrected chi connectivity index (χ2v) is 4.93. The molecule has 0 aliphatic heterocycles. The van der Waals surface area contributed by atoms with Crippen LogP contribution in [0.2, 0.25) is 0 Å². The van der Waals surface area contributed by atoms with Crippen LogP contribution in [0.25, 0.3) is 0 Å². The third-order valence-electron chi connectivity index (χ3n) is 2.79. The Morgan fingerprint density at radius 3 is 2.50 bits per heavy atom. The molecule has 1 heterocycles. The maximum Gasteiger partial charge on any atom is 0.213 e. The summed E-state index contributed by atoms with van der Waals surface area (Å²) in [6.45, 7) is 2.65. The summed E-state index contributed by atoms with van der Waals surface area (Å²) in [4.78, 5) is 29.1. The van der Waals surface area contributed by atoms with Crippen LogP contribution in [0.1, 0.15) is 38.2 Å². The number of nitrogens with one attached hydrogen (secondary N) is 1. The van der Waals surface area contributed by atoms with Crippen LogP contribution in [0, 0.1) is 0 Å². The smallest absolute Gasteiger partial charge is 0.213 e. The lowest BCUT2D eigenvalue weighted by atomic mass is 9.91. The lowest BCUT2D eigenvalue weighted by molar-refractivity contribution is 0.0979. The van der Waals surface area contributed by atoms with Gasteiger partial charge in [-0.05, 0) is 6.92 Å². The zero-order valence-corrected chi connectivity index (χ0v) is 10.5. The second-order valence-electron chi connectivity index (χ2n) is 3.93. The van der Waals surface area contributed by atoms with E-state index in [1.165, 1.54) is 11.3 Å². The van der Waals surface area contributed by atoms with Gasteiger partial charge in [-0.1, -0.05) is 35.6 Å². The van der Waals surface area contributed by atoms with Gasteiger partial charge in [-0.25, -0.2) is 4.98 Å². The molecule has 0 spiro atoms. The van der Waals surface area contributed by atoms with Crippen molar-refractivity contribution in [2.45, 2.75) is 6.92 Å². The van der Waals surface area contributed by atoms with Gasteiger partial charge in [-0.15, -0.1) is 0 Å². The van der Waals surface area contributed by atoms with Gasteiger partial charge < -0.3 is 5.32 Å². The first-order chi connectivity index (χ1) is 8.72. The zero-order chi connectivity index (χ0) is 12.7. The lowest BCUT2D eigenvalue weighted by Crippen LogP contribution is -2.19. The number of ketones is 2. The molecule has 0 fully saturated rings. The quantitative estimate of drug-likeness (QED) is 0.766. The SMILES string of the molecule is CCNc1nc2c(s1)C(=O)c1ccccc1C2=O. The summed E-state index contributed by atoms with van der Waals surface area (Å²) in [5, 5.41) is 3.66. The number of anilines is 1. The number of carbonyl (C=O) groups is 2. The number of carbonyl (C=O) groups excluding carboxylic acids is 2. The molecule has 0 bridgehead atoms. The van der Waals surface area contributed by atoms with Gasteiger partial charge in [0, 0.05) is 17.7 Å². The number of hydrogen-bond acceptors (Lipinski definition) is 5. The van der Waals surface area contributed by atoms with Crippen molar-refractivity contribution in [2.75, 3.05) is 11.9 Å². The highest BCUT2D eigenvalue weighted by atomic mass is 32.1. The first-order valence-electron chi connectivity index (χ1n) is 5.65. The van der Waals surface area contributed by atoms with Gasteiger partial charge in [0.05, 0.1) is 0 Å².